The molecule has 0 saturated heterocycles. The first-order chi connectivity index (χ1) is 9.99. The largest absolute Gasteiger partial charge is 0.382 e. The Morgan fingerprint density at radius 2 is 2.05 bits per heavy atom. The Labute approximate surface area is 124 Å². The van der Waals surface area contributed by atoms with E-state index >= 15 is 0 Å². The van der Waals surface area contributed by atoms with Crippen molar-refractivity contribution in [3.8, 4) is 0 Å². The summed E-state index contributed by atoms with van der Waals surface area (Å²) in [5, 5.41) is 14.9. The lowest BCUT2D eigenvalue weighted by Crippen LogP contribution is -2.17. The number of hydrazone groups is 1. The van der Waals surface area contributed by atoms with Gasteiger partial charge in [-0.15, -0.1) is 0 Å². The number of nitro benzene ring substituents is 1. The first kappa shape index (κ1) is 14.7. The fourth-order valence-electron chi connectivity index (χ4n) is 1.61. The molecule has 21 heavy (non-hydrogen) atoms. The molecule has 0 aromatic heterocycles. The molecule has 0 bridgehead atoms. The number of anilines is 1. The van der Waals surface area contributed by atoms with Crippen molar-refractivity contribution in [3.05, 3.63) is 69.0 Å². The molecule has 3 N–H and O–H groups in total. The van der Waals surface area contributed by atoms with Gasteiger partial charge in [-0.3, -0.25) is 15.5 Å². The second-order valence-corrected chi connectivity index (χ2v) is 4.44. The minimum atomic E-state index is -0.590. The van der Waals surface area contributed by atoms with E-state index in [0.29, 0.717) is 5.02 Å². The van der Waals surface area contributed by atoms with Crippen LogP contribution in [0.3, 0.4) is 0 Å². The molecule has 0 radical (unpaired) electrons. The van der Waals surface area contributed by atoms with Crippen molar-refractivity contribution in [1.82, 2.24) is 0 Å². The van der Waals surface area contributed by atoms with Gasteiger partial charge in [-0.1, -0.05) is 23.7 Å². The van der Waals surface area contributed by atoms with E-state index < -0.39 is 10.7 Å². The molecule has 0 fully saturated rings. The molecule has 2 aromatic carbocycles. The van der Waals surface area contributed by atoms with Crippen LogP contribution in [-0.4, -0.2) is 10.8 Å². The standard InChI is InChI=1S/C13H10ClFN4O2/c14-8-5-6-12(19(20)21)11(7-8)17-18-13(16)9-3-1-2-4-10(9)15/h1-7,17H,(H2,16,18). The molecular formula is C13H10ClFN4O2. The normalized spacial score (nSPS) is 11.2. The van der Waals surface area contributed by atoms with Crippen LogP contribution in [0, 0.1) is 15.9 Å². The van der Waals surface area contributed by atoms with Crippen molar-refractivity contribution in [2.24, 2.45) is 10.8 Å². The third-order valence-corrected chi connectivity index (χ3v) is 2.84. The van der Waals surface area contributed by atoms with Gasteiger partial charge in [0.15, 0.2) is 5.84 Å². The zero-order valence-corrected chi connectivity index (χ0v) is 11.3. The second-order valence-electron chi connectivity index (χ2n) is 4.01. The van der Waals surface area contributed by atoms with Crippen molar-refractivity contribution in [2.45, 2.75) is 0 Å². The molecule has 108 valence electrons. The summed E-state index contributed by atoms with van der Waals surface area (Å²) in [6, 6.07) is 9.75. The fraction of sp³-hybridized carbons (Fsp3) is 0. The van der Waals surface area contributed by atoms with E-state index in [1.54, 1.807) is 6.07 Å². The number of nitrogens with zero attached hydrogens (tertiary/aromatic N) is 2. The summed E-state index contributed by atoms with van der Waals surface area (Å²) >= 11 is 5.78. The summed E-state index contributed by atoms with van der Waals surface area (Å²) in [5.41, 5.74) is 8.02. The Bertz CT molecular complexity index is 721. The van der Waals surface area contributed by atoms with Crippen LogP contribution < -0.4 is 11.2 Å². The van der Waals surface area contributed by atoms with Gasteiger partial charge < -0.3 is 5.73 Å². The van der Waals surface area contributed by atoms with Crippen LogP contribution in [0.15, 0.2) is 47.6 Å². The van der Waals surface area contributed by atoms with Crippen molar-refractivity contribution in [2.75, 3.05) is 5.43 Å². The number of nitrogens with one attached hydrogen (secondary N) is 1. The molecule has 0 saturated carbocycles. The molecule has 6 nitrogen and oxygen atoms in total. The highest BCUT2D eigenvalue weighted by atomic mass is 35.5. The number of hydrogen-bond donors (Lipinski definition) is 2. The molecule has 0 unspecified atom stereocenters. The minimum absolute atomic E-state index is 0.0618. The average molecular weight is 309 g/mol. The number of nitrogens with two attached hydrogens (primary N) is 1. The molecule has 2 aromatic rings. The van der Waals surface area contributed by atoms with E-state index in [1.807, 2.05) is 0 Å². The molecule has 8 heteroatoms. The van der Waals surface area contributed by atoms with E-state index in [0.717, 1.165) is 0 Å². The van der Waals surface area contributed by atoms with Crippen molar-refractivity contribution in [1.29, 1.82) is 0 Å². The van der Waals surface area contributed by atoms with E-state index in [1.165, 1.54) is 36.4 Å². The molecule has 0 heterocycles. The van der Waals surface area contributed by atoms with E-state index in [9.17, 15) is 14.5 Å². The average Bonchev–Trinajstić information content (AvgIpc) is 2.45. The SMILES string of the molecule is N/C(=N/Nc1cc(Cl)ccc1[N+](=O)[O-])c1ccccc1F. The Kier molecular flexibility index (Phi) is 4.34. The van der Waals surface area contributed by atoms with Crippen molar-refractivity contribution >= 4 is 28.8 Å². The summed E-state index contributed by atoms with van der Waals surface area (Å²) in [6.07, 6.45) is 0. The van der Waals surface area contributed by atoms with Gasteiger partial charge in [-0.2, -0.15) is 5.10 Å². The molecular weight excluding hydrogens is 299 g/mol. The summed E-state index contributed by atoms with van der Waals surface area (Å²) in [5.74, 6) is -0.677. The van der Waals surface area contributed by atoms with Gasteiger partial charge >= 0.3 is 0 Å². The molecule has 2 rings (SSSR count). The van der Waals surface area contributed by atoms with Crippen LogP contribution in [0.5, 0.6) is 0 Å². The Morgan fingerprint density at radius 3 is 2.71 bits per heavy atom. The zero-order valence-electron chi connectivity index (χ0n) is 10.6. The van der Waals surface area contributed by atoms with Gasteiger partial charge in [0.25, 0.3) is 5.69 Å². The topological polar surface area (TPSA) is 93.5 Å². The van der Waals surface area contributed by atoms with Crippen molar-refractivity contribution in [3.63, 3.8) is 0 Å². The maximum absolute atomic E-state index is 13.5. The monoisotopic (exact) mass is 308 g/mol. The van der Waals surface area contributed by atoms with Gasteiger partial charge in [0.1, 0.15) is 11.5 Å². The number of halogens is 2. The highest BCUT2D eigenvalue weighted by Crippen LogP contribution is 2.27. The Hall–Kier alpha value is -2.67. The first-order valence-corrected chi connectivity index (χ1v) is 6.15. The summed E-state index contributed by atoms with van der Waals surface area (Å²) < 4.78 is 13.5. The highest BCUT2D eigenvalue weighted by molar-refractivity contribution is 6.31. The Morgan fingerprint density at radius 1 is 1.33 bits per heavy atom. The minimum Gasteiger partial charge on any atom is -0.382 e. The molecule has 0 aliphatic carbocycles. The van der Waals surface area contributed by atoms with Gasteiger partial charge in [-0.25, -0.2) is 4.39 Å². The van der Waals surface area contributed by atoms with Gasteiger partial charge in [0.05, 0.1) is 10.5 Å². The highest BCUT2D eigenvalue weighted by Gasteiger charge is 2.14. The summed E-state index contributed by atoms with van der Waals surface area (Å²) in [7, 11) is 0. The molecule has 0 aliphatic heterocycles. The van der Waals surface area contributed by atoms with Crippen LogP contribution in [0.1, 0.15) is 5.56 Å². The van der Waals surface area contributed by atoms with Crippen LogP contribution in [-0.2, 0) is 0 Å². The van der Waals surface area contributed by atoms with E-state index in [2.05, 4.69) is 10.5 Å². The van der Waals surface area contributed by atoms with Gasteiger partial charge in [0.2, 0.25) is 0 Å². The number of rotatable bonds is 4. The quantitative estimate of drug-likeness (QED) is 0.393. The first-order valence-electron chi connectivity index (χ1n) is 5.77. The number of amidine groups is 1. The number of nitro groups is 1. The van der Waals surface area contributed by atoms with Gasteiger partial charge in [-0.05, 0) is 24.3 Å². The predicted molar refractivity (Wildman–Crippen MR) is 78.9 cm³/mol. The van der Waals surface area contributed by atoms with Crippen LogP contribution in [0.2, 0.25) is 5.02 Å². The molecule has 0 amide bonds. The molecule has 0 aliphatic rings. The summed E-state index contributed by atoms with van der Waals surface area (Å²) in [6.45, 7) is 0. The van der Waals surface area contributed by atoms with Crippen LogP contribution >= 0.6 is 11.6 Å². The third kappa shape index (κ3) is 3.46. The smallest absolute Gasteiger partial charge is 0.294 e. The molecule has 0 atom stereocenters. The second kappa shape index (κ2) is 6.19. The molecule has 0 spiro atoms. The maximum Gasteiger partial charge on any atom is 0.294 e. The van der Waals surface area contributed by atoms with Crippen LogP contribution in [0.25, 0.3) is 0 Å². The van der Waals surface area contributed by atoms with Crippen LogP contribution in [0.4, 0.5) is 15.8 Å². The van der Waals surface area contributed by atoms with E-state index in [4.69, 9.17) is 17.3 Å². The third-order valence-electron chi connectivity index (χ3n) is 2.60. The van der Waals surface area contributed by atoms with E-state index in [-0.39, 0.29) is 22.8 Å². The zero-order chi connectivity index (χ0) is 15.4. The maximum atomic E-state index is 13.5. The lowest BCUT2D eigenvalue weighted by Gasteiger charge is -2.05. The Balaban J connectivity index is 2.31. The lowest BCUT2D eigenvalue weighted by atomic mass is 10.2. The fourth-order valence-corrected chi connectivity index (χ4v) is 1.78. The number of hydrogen-bond acceptors (Lipinski definition) is 4. The number of benzene rings is 2. The van der Waals surface area contributed by atoms with Crippen molar-refractivity contribution < 1.29 is 9.31 Å². The summed E-state index contributed by atoms with van der Waals surface area (Å²) in [4.78, 5) is 10.3. The predicted octanol–water partition coefficient (Wildman–Crippen LogP) is 3.12. The van der Waals surface area contributed by atoms with Gasteiger partial charge in [0, 0.05) is 11.1 Å². The lowest BCUT2D eigenvalue weighted by molar-refractivity contribution is -0.384.